The van der Waals surface area contributed by atoms with Crippen molar-refractivity contribution in [3.8, 4) is 0 Å². The number of ether oxygens (including phenoxy) is 1. The first-order valence-electron chi connectivity index (χ1n) is 7.02. The highest BCUT2D eigenvalue weighted by atomic mass is 16.5. The van der Waals surface area contributed by atoms with Crippen LogP contribution in [0, 0.1) is 5.92 Å². The molecule has 4 nitrogen and oxygen atoms in total. The van der Waals surface area contributed by atoms with E-state index >= 15 is 0 Å². The summed E-state index contributed by atoms with van der Waals surface area (Å²) in [5, 5.41) is 6.91. The Kier molecular flexibility index (Phi) is 3.53. The molecule has 0 aromatic carbocycles. The lowest BCUT2D eigenvalue weighted by Gasteiger charge is -2.23. The predicted molar refractivity (Wildman–Crippen MR) is 73.6 cm³/mol. The molecule has 1 saturated heterocycles. The van der Waals surface area contributed by atoms with Crippen molar-refractivity contribution >= 4 is 5.97 Å². The third kappa shape index (κ3) is 2.26. The molecule has 0 radical (unpaired) electrons. The number of rotatable bonds is 2. The first-order chi connectivity index (χ1) is 9.31. The molecule has 0 spiro atoms. The second-order valence-corrected chi connectivity index (χ2v) is 5.16. The zero-order valence-corrected chi connectivity index (χ0v) is 11.2. The van der Waals surface area contributed by atoms with Crippen LogP contribution in [0.15, 0.2) is 35.5 Å². The molecule has 102 valence electrons. The molecule has 3 unspecified atom stereocenters. The van der Waals surface area contributed by atoms with Gasteiger partial charge in [0.15, 0.2) is 0 Å². The normalized spacial score (nSPS) is 32.8. The molecule has 1 fully saturated rings. The van der Waals surface area contributed by atoms with E-state index in [1.807, 2.05) is 6.92 Å². The summed E-state index contributed by atoms with van der Waals surface area (Å²) in [6.07, 6.45) is 9.45. The average Bonchev–Trinajstić information content (AvgIpc) is 2.64. The van der Waals surface area contributed by atoms with Crippen LogP contribution in [0.4, 0.5) is 0 Å². The van der Waals surface area contributed by atoms with Crippen LogP contribution in [-0.4, -0.2) is 37.7 Å². The monoisotopic (exact) mass is 260 g/mol. The first kappa shape index (κ1) is 12.6. The van der Waals surface area contributed by atoms with Crippen molar-refractivity contribution < 1.29 is 9.53 Å². The Hall–Kier alpha value is -1.39. The van der Waals surface area contributed by atoms with E-state index in [1.54, 1.807) is 0 Å². The predicted octanol–water partition coefficient (Wildman–Crippen LogP) is 0.922. The van der Waals surface area contributed by atoms with Gasteiger partial charge < -0.3 is 10.1 Å². The lowest BCUT2D eigenvalue weighted by molar-refractivity contribution is -0.148. The maximum Gasteiger partial charge on any atom is 0.312 e. The van der Waals surface area contributed by atoms with Gasteiger partial charge in [0.25, 0.3) is 0 Å². The summed E-state index contributed by atoms with van der Waals surface area (Å²) in [7, 11) is 0. The van der Waals surface area contributed by atoms with Crippen LogP contribution in [0.3, 0.4) is 0 Å². The molecular formula is C15H20N2O2. The number of allylic oxidation sites excluding steroid dienone is 2. The molecule has 2 N–H and O–H groups in total. The van der Waals surface area contributed by atoms with Gasteiger partial charge >= 0.3 is 5.97 Å². The maximum atomic E-state index is 12.1. The zero-order chi connectivity index (χ0) is 13.2. The minimum atomic E-state index is -0.127. The summed E-state index contributed by atoms with van der Waals surface area (Å²) < 4.78 is 5.22. The van der Waals surface area contributed by atoms with Crippen LogP contribution in [0.5, 0.6) is 0 Å². The highest BCUT2D eigenvalue weighted by molar-refractivity contribution is 5.75. The smallest absolute Gasteiger partial charge is 0.312 e. The molecule has 3 aliphatic rings. The fraction of sp³-hybridized carbons (Fsp3) is 0.533. The number of carbonyl (C=O) groups excluding carboxylic acids is 1. The average molecular weight is 260 g/mol. The van der Waals surface area contributed by atoms with Crippen LogP contribution < -0.4 is 10.6 Å². The maximum absolute atomic E-state index is 12.1. The third-order valence-corrected chi connectivity index (χ3v) is 4.06. The minimum absolute atomic E-state index is 0.0980. The van der Waals surface area contributed by atoms with E-state index < -0.39 is 0 Å². The largest absolute Gasteiger partial charge is 0.466 e. The summed E-state index contributed by atoms with van der Waals surface area (Å²) in [6, 6.07) is 0.376. The van der Waals surface area contributed by atoms with Gasteiger partial charge in [0.2, 0.25) is 0 Å². The van der Waals surface area contributed by atoms with Gasteiger partial charge in [0.1, 0.15) is 0 Å². The Morgan fingerprint density at radius 2 is 2.37 bits per heavy atom. The second-order valence-electron chi connectivity index (χ2n) is 5.16. The number of nitrogens with one attached hydrogen (secondary N) is 2. The van der Waals surface area contributed by atoms with Crippen molar-refractivity contribution in [1.29, 1.82) is 0 Å². The summed E-state index contributed by atoms with van der Waals surface area (Å²) in [6.45, 7) is 3.91. The standard InChI is InChI=1S/C15H20N2O2/c1-2-19-15(18)12-9-16-8-7-11-10-5-3-4-6-13(10)17-14(11)12/h3-6,12-14,16-17H,2,7-9H2,1H3. The van der Waals surface area contributed by atoms with Gasteiger partial charge in [-0.05, 0) is 31.0 Å². The number of fused-ring (bicyclic) bond motifs is 2. The first-order valence-corrected chi connectivity index (χ1v) is 7.02. The Morgan fingerprint density at radius 1 is 1.47 bits per heavy atom. The molecule has 0 aromatic heterocycles. The van der Waals surface area contributed by atoms with Crippen molar-refractivity contribution in [2.45, 2.75) is 25.4 Å². The molecule has 1 aliphatic carbocycles. The van der Waals surface area contributed by atoms with Crippen LogP contribution >= 0.6 is 0 Å². The SMILES string of the molecule is CCOC(=O)C1CNCCC2=C3C=CC=CC3NC21. The number of hydrogen-bond acceptors (Lipinski definition) is 4. The number of hydrogen-bond donors (Lipinski definition) is 2. The van der Waals surface area contributed by atoms with Crippen molar-refractivity contribution in [3.05, 3.63) is 35.5 Å². The van der Waals surface area contributed by atoms with Crippen LogP contribution in [0.25, 0.3) is 0 Å². The fourth-order valence-electron chi connectivity index (χ4n) is 3.19. The molecule has 0 amide bonds. The Labute approximate surface area is 113 Å². The van der Waals surface area contributed by atoms with E-state index in [1.165, 1.54) is 11.1 Å². The molecule has 2 heterocycles. The minimum Gasteiger partial charge on any atom is -0.466 e. The van der Waals surface area contributed by atoms with Gasteiger partial charge in [-0.15, -0.1) is 0 Å². The molecular weight excluding hydrogens is 240 g/mol. The molecule has 2 aliphatic heterocycles. The van der Waals surface area contributed by atoms with E-state index in [4.69, 9.17) is 4.74 Å². The quantitative estimate of drug-likeness (QED) is 0.725. The van der Waals surface area contributed by atoms with Crippen LogP contribution in [0.2, 0.25) is 0 Å². The van der Waals surface area contributed by atoms with Crippen molar-refractivity contribution in [2.24, 2.45) is 5.92 Å². The third-order valence-electron chi connectivity index (χ3n) is 4.06. The molecule has 3 atom stereocenters. The molecule has 0 bridgehead atoms. The molecule has 0 aromatic rings. The van der Waals surface area contributed by atoms with Gasteiger partial charge in [0.05, 0.1) is 18.6 Å². The van der Waals surface area contributed by atoms with Crippen molar-refractivity contribution in [2.75, 3.05) is 19.7 Å². The Bertz CT molecular complexity index is 465. The Morgan fingerprint density at radius 3 is 3.21 bits per heavy atom. The van der Waals surface area contributed by atoms with E-state index in [0.29, 0.717) is 13.2 Å². The summed E-state index contributed by atoms with van der Waals surface area (Å²) in [5.41, 5.74) is 2.71. The van der Waals surface area contributed by atoms with E-state index in [9.17, 15) is 4.79 Å². The number of esters is 1. The van der Waals surface area contributed by atoms with Crippen LogP contribution in [-0.2, 0) is 9.53 Å². The van der Waals surface area contributed by atoms with Gasteiger partial charge in [-0.1, -0.05) is 24.3 Å². The summed E-state index contributed by atoms with van der Waals surface area (Å²) in [5.74, 6) is -0.226. The molecule has 3 rings (SSSR count). The van der Waals surface area contributed by atoms with Crippen molar-refractivity contribution in [1.82, 2.24) is 10.6 Å². The second kappa shape index (κ2) is 5.31. The Balaban J connectivity index is 1.89. The number of carbonyl (C=O) groups is 1. The molecule has 19 heavy (non-hydrogen) atoms. The topological polar surface area (TPSA) is 50.4 Å². The van der Waals surface area contributed by atoms with Crippen LogP contribution in [0.1, 0.15) is 13.3 Å². The van der Waals surface area contributed by atoms with E-state index in [2.05, 4.69) is 34.9 Å². The lowest BCUT2D eigenvalue weighted by atomic mass is 9.91. The molecule has 4 heteroatoms. The van der Waals surface area contributed by atoms with Gasteiger partial charge in [0, 0.05) is 12.6 Å². The summed E-state index contributed by atoms with van der Waals surface area (Å²) in [4.78, 5) is 12.1. The van der Waals surface area contributed by atoms with Gasteiger partial charge in [-0.3, -0.25) is 10.1 Å². The van der Waals surface area contributed by atoms with E-state index in [-0.39, 0.29) is 24.0 Å². The zero-order valence-electron chi connectivity index (χ0n) is 11.2. The summed E-state index contributed by atoms with van der Waals surface area (Å²) >= 11 is 0. The van der Waals surface area contributed by atoms with Gasteiger partial charge in [-0.2, -0.15) is 0 Å². The highest BCUT2D eigenvalue weighted by Gasteiger charge is 2.40. The molecule has 0 saturated carbocycles. The van der Waals surface area contributed by atoms with Crippen molar-refractivity contribution in [3.63, 3.8) is 0 Å². The van der Waals surface area contributed by atoms with E-state index in [0.717, 1.165) is 13.0 Å². The highest BCUT2D eigenvalue weighted by Crippen LogP contribution is 2.33. The fourth-order valence-corrected chi connectivity index (χ4v) is 3.19. The van der Waals surface area contributed by atoms with Gasteiger partial charge in [-0.25, -0.2) is 0 Å². The lowest BCUT2D eigenvalue weighted by Crippen LogP contribution is -2.44.